The molecule has 0 saturated carbocycles. The van der Waals surface area contributed by atoms with Crippen molar-refractivity contribution in [2.24, 2.45) is 0 Å². The smallest absolute Gasteiger partial charge is 0.416 e. The molecule has 224 valence electrons. The second-order valence-electron chi connectivity index (χ2n) is 8.85. The molecule has 0 aliphatic heterocycles. The van der Waals surface area contributed by atoms with E-state index in [0.717, 1.165) is 30.7 Å². The van der Waals surface area contributed by atoms with Crippen molar-refractivity contribution >= 4 is 18.2 Å². The fourth-order valence-corrected chi connectivity index (χ4v) is 3.94. The molecule has 2 N–H and O–H groups in total. The summed E-state index contributed by atoms with van der Waals surface area (Å²) in [5.41, 5.74) is 0.944. The van der Waals surface area contributed by atoms with E-state index in [1.165, 1.54) is 32.4 Å². The van der Waals surface area contributed by atoms with Gasteiger partial charge in [0.25, 0.3) is 0 Å². The van der Waals surface area contributed by atoms with Crippen LogP contribution in [0.1, 0.15) is 39.6 Å². The molecule has 0 aromatic heterocycles. The number of alkyl halides is 3. The Labute approximate surface area is 249 Å². The van der Waals surface area contributed by atoms with Crippen molar-refractivity contribution in [2.45, 2.75) is 18.7 Å². The second-order valence-corrected chi connectivity index (χ2v) is 8.85. The van der Waals surface area contributed by atoms with E-state index < -0.39 is 11.7 Å². The molecule has 0 spiro atoms. The molecule has 1 atom stereocenters. The molecule has 0 aliphatic rings. The molecule has 0 heterocycles. The highest BCUT2D eigenvalue weighted by molar-refractivity contribution is 6.12. The zero-order valence-electron chi connectivity index (χ0n) is 23.4. The van der Waals surface area contributed by atoms with E-state index in [1.54, 1.807) is 30.3 Å². The lowest BCUT2D eigenvalue weighted by molar-refractivity contribution is -0.137. The third-order valence-electron chi connectivity index (χ3n) is 6.06. The average Bonchev–Trinajstić information content (AvgIpc) is 2.99. The Morgan fingerprint density at radius 1 is 0.857 bits per heavy atom. The third kappa shape index (κ3) is 9.43. The Kier molecular flexibility index (Phi) is 13.2. The maximum absolute atomic E-state index is 12.6. The summed E-state index contributed by atoms with van der Waals surface area (Å²) in [5.74, 6) is 0.685. The Morgan fingerprint density at radius 2 is 1.45 bits per heavy atom. The highest BCUT2D eigenvalue weighted by Crippen LogP contribution is 2.35. The van der Waals surface area contributed by atoms with Crippen LogP contribution < -0.4 is 19.5 Å². The summed E-state index contributed by atoms with van der Waals surface area (Å²) in [5, 5.41) is 13.0. The number of carbonyl (C=O) groups excluding carboxylic acids is 1. The predicted molar refractivity (Wildman–Crippen MR) is 158 cm³/mol. The normalized spacial score (nSPS) is 11.3. The number of ketones is 1. The van der Waals surface area contributed by atoms with Crippen molar-refractivity contribution in [1.82, 2.24) is 5.32 Å². The molecular formula is C32H33ClF3NO5. The van der Waals surface area contributed by atoms with Gasteiger partial charge in [0.1, 0.15) is 34.7 Å². The van der Waals surface area contributed by atoms with Crippen molar-refractivity contribution in [1.29, 1.82) is 0 Å². The van der Waals surface area contributed by atoms with Gasteiger partial charge in [0.05, 0.1) is 19.8 Å². The summed E-state index contributed by atoms with van der Waals surface area (Å²) in [6.07, 6.45) is -3.81. The SMILES string of the molecule is CNCCC(Oc1ccc(C(F)(F)F)cc1)c1ccccc1.COc1cc(O)c(C(=O)c2ccccc2)c(OC)c1.Cl. The van der Waals surface area contributed by atoms with Gasteiger partial charge in [-0.1, -0.05) is 60.7 Å². The number of nitrogens with one attached hydrogen (secondary N) is 1. The molecule has 0 amide bonds. The number of benzene rings is 4. The number of phenols is 1. The molecule has 42 heavy (non-hydrogen) atoms. The standard InChI is InChI=1S/C17H18F3NO.C15H14O4.ClH/c1-21-12-11-16(13-5-3-2-4-6-13)22-15-9-7-14(8-10-15)17(18,19)20;1-18-11-8-12(16)14(13(9-11)19-2)15(17)10-6-4-3-5-7-10;/h2-10,16,21H,11-12H2,1H3;3-9,16H,1-2H3;1H. The average molecular weight is 604 g/mol. The van der Waals surface area contributed by atoms with Crippen molar-refractivity contribution in [3.63, 3.8) is 0 Å². The van der Waals surface area contributed by atoms with E-state index in [-0.39, 0.29) is 41.4 Å². The van der Waals surface area contributed by atoms with Crippen LogP contribution in [0, 0.1) is 0 Å². The number of hydrogen-bond donors (Lipinski definition) is 2. The molecule has 4 rings (SSSR count). The number of ether oxygens (including phenoxy) is 3. The number of halogens is 4. The van der Waals surface area contributed by atoms with E-state index in [2.05, 4.69) is 5.32 Å². The molecule has 0 fully saturated rings. The lowest BCUT2D eigenvalue weighted by Gasteiger charge is -2.20. The number of rotatable bonds is 10. The fourth-order valence-electron chi connectivity index (χ4n) is 3.94. The topological polar surface area (TPSA) is 77.0 Å². The molecule has 0 radical (unpaired) electrons. The van der Waals surface area contributed by atoms with E-state index in [1.807, 2.05) is 43.4 Å². The molecule has 0 aliphatic carbocycles. The van der Waals surface area contributed by atoms with Gasteiger partial charge in [-0.2, -0.15) is 13.2 Å². The van der Waals surface area contributed by atoms with Gasteiger partial charge < -0.3 is 24.6 Å². The molecule has 10 heteroatoms. The largest absolute Gasteiger partial charge is 0.507 e. The lowest BCUT2D eigenvalue weighted by Crippen LogP contribution is -2.16. The second kappa shape index (κ2) is 16.3. The Balaban J connectivity index is 0.000000289. The zero-order valence-corrected chi connectivity index (χ0v) is 24.2. The first-order chi connectivity index (χ1) is 19.7. The van der Waals surface area contributed by atoms with Gasteiger partial charge in [-0.15, -0.1) is 12.4 Å². The minimum Gasteiger partial charge on any atom is -0.507 e. The van der Waals surface area contributed by atoms with Crippen LogP contribution in [0.5, 0.6) is 23.0 Å². The summed E-state index contributed by atoms with van der Waals surface area (Å²) in [6.45, 7) is 0.750. The summed E-state index contributed by atoms with van der Waals surface area (Å²) >= 11 is 0. The fraction of sp³-hybridized carbons (Fsp3) is 0.219. The monoisotopic (exact) mass is 603 g/mol. The number of carbonyl (C=O) groups is 1. The van der Waals surface area contributed by atoms with Crippen molar-refractivity contribution in [3.8, 4) is 23.0 Å². The number of phenolic OH excluding ortho intramolecular Hbond substituents is 1. The first-order valence-corrected chi connectivity index (χ1v) is 12.8. The summed E-state index contributed by atoms with van der Waals surface area (Å²) in [4.78, 5) is 12.4. The van der Waals surface area contributed by atoms with Crippen LogP contribution in [0.25, 0.3) is 0 Å². The number of methoxy groups -OCH3 is 2. The first-order valence-electron chi connectivity index (χ1n) is 12.8. The molecule has 4 aromatic carbocycles. The van der Waals surface area contributed by atoms with Crippen molar-refractivity contribution < 1.29 is 37.3 Å². The van der Waals surface area contributed by atoms with Crippen LogP contribution >= 0.6 is 12.4 Å². The van der Waals surface area contributed by atoms with Crippen LogP contribution in [0.2, 0.25) is 0 Å². The van der Waals surface area contributed by atoms with Gasteiger partial charge in [0, 0.05) is 24.1 Å². The van der Waals surface area contributed by atoms with Crippen LogP contribution in [0.15, 0.2) is 97.1 Å². The van der Waals surface area contributed by atoms with Gasteiger partial charge in [-0.3, -0.25) is 4.79 Å². The highest BCUT2D eigenvalue weighted by Gasteiger charge is 2.30. The van der Waals surface area contributed by atoms with Crippen LogP contribution in [-0.2, 0) is 6.18 Å². The van der Waals surface area contributed by atoms with Crippen molar-refractivity contribution in [2.75, 3.05) is 27.8 Å². The lowest BCUT2D eigenvalue weighted by atomic mass is 10.0. The molecule has 6 nitrogen and oxygen atoms in total. The summed E-state index contributed by atoms with van der Waals surface area (Å²) < 4.78 is 53.7. The van der Waals surface area contributed by atoms with Gasteiger partial charge >= 0.3 is 6.18 Å². The zero-order chi connectivity index (χ0) is 29.8. The quantitative estimate of drug-likeness (QED) is 0.183. The van der Waals surface area contributed by atoms with Crippen LogP contribution in [-0.4, -0.2) is 38.7 Å². The molecule has 4 aromatic rings. The van der Waals surface area contributed by atoms with E-state index in [0.29, 0.717) is 17.1 Å². The maximum Gasteiger partial charge on any atom is 0.416 e. The van der Waals surface area contributed by atoms with E-state index in [4.69, 9.17) is 14.2 Å². The minimum absolute atomic E-state index is 0. The van der Waals surface area contributed by atoms with E-state index in [9.17, 15) is 23.1 Å². The Morgan fingerprint density at radius 3 is 1.98 bits per heavy atom. The van der Waals surface area contributed by atoms with Gasteiger partial charge in [0.2, 0.25) is 5.78 Å². The molecule has 0 saturated heterocycles. The molecule has 0 bridgehead atoms. The predicted octanol–water partition coefficient (Wildman–Crippen LogP) is 7.50. The van der Waals surface area contributed by atoms with Crippen LogP contribution in [0.3, 0.4) is 0 Å². The van der Waals surface area contributed by atoms with Crippen molar-refractivity contribution in [3.05, 3.63) is 119 Å². The number of aromatic hydroxyl groups is 1. The number of hydrogen-bond acceptors (Lipinski definition) is 6. The maximum atomic E-state index is 12.6. The molecular weight excluding hydrogens is 571 g/mol. The third-order valence-corrected chi connectivity index (χ3v) is 6.06. The highest BCUT2D eigenvalue weighted by atomic mass is 35.5. The summed E-state index contributed by atoms with van der Waals surface area (Å²) in [6, 6.07) is 26.1. The minimum atomic E-state index is -4.33. The van der Waals surface area contributed by atoms with Gasteiger partial charge in [0.15, 0.2) is 0 Å². The Bertz CT molecular complexity index is 1390. The molecule has 1 unspecified atom stereocenters. The van der Waals surface area contributed by atoms with Gasteiger partial charge in [-0.05, 0) is 43.4 Å². The Hall–Kier alpha value is -4.21. The summed E-state index contributed by atoms with van der Waals surface area (Å²) in [7, 11) is 4.77. The van der Waals surface area contributed by atoms with Gasteiger partial charge in [-0.25, -0.2) is 0 Å². The van der Waals surface area contributed by atoms with Crippen LogP contribution in [0.4, 0.5) is 13.2 Å². The first kappa shape index (κ1) is 34.0. The van der Waals surface area contributed by atoms with E-state index >= 15 is 0 Å².